The molecule has 0 unspecified atom stereocenters. The lowest BCUT2D eigenvalue weighted by atomic mass is 9.94. The van der Waals surface area contributed by atoms with Gasteiger partial charge in [-0.25, -0.2) is 4.98 Å². The number of para-hydroxylation sites is 1. The molecule has 0 bridgehead atoms. The molecule has 6 nitrogen and oxygen atoms in total. The molecule has 6 heteroatoms. The highest BCUT2D eigenvalue weighted by Gasteiger charge is 2.19. The quantitative estimate of drug-likeness (QED) is 0.561. The molecule has 0 fully saturated rings. The van der Waals surface area contributed by atoms with Crippen LogP contribution in [-0.4, -0.2) is 18.0 Å². The predicted molar refractivity (Wildman–Crippen MR) is 98.5 cm³/mol. The van der Waals surface area contributed by atoms with Gasteiger partial charge in [-0.1, -0.05) is 39.0 Å². The maximum Gasteiger partial charge on any atom is 0.213 e. The number of guanidine groups is 1. The summed E-state index contributed by atoms with van der Waals surface area (Å²) in [6.07, 6.45) is 1.78. The van der Waals surface area contributed by atoms with Gasteiger partial charge < -0.3 is 19.5 Å². The van der Waals surface area contributed by atoms with Gasteiger partial charge in [0.2, 0.25) is 5.89 Å². The minimum Gasteiger partial charge on any atom is -0.459 e. The molecule has 2 N–H and O–H groups in total. The Kier molecular flexibility index (Phi) is 4.79. The number of rotatable bonds is 4. The number of aromatic nitrogens is 1. The minimum absolute atomic E-state index is 0.0491. The highest BCUT2D eigenvalue weighted by atomic mass is 16.4. The molecule has 0 radical (unpaired) electrons. The third-order valence-corrected chi connectivity index (χ3v) is 3.83. The topological polar surface area (TPSA) is 75.6 Å². The van der Waals surface area contributed by atoms with E-state index in [2.05, 4.69) is 41.4 Å². The largest absolute Gasteiger partial charge is 0.459 e. The number of fused-ring (bicyclic) bond motifs is 1. The molecule has 0 aliphatic rings. The van der Waals surface area contributed by atoms with E-state index in [9.17, 15) is 0 Å². The number of furan rings is 1. The fourth-order valence-corrected chi connectivity index (χ4v) is 2.41. The average molecular weight is 340 g/mol. The number of benzene rings is 1. The molecular weight excluding hydrogens is 316 g/mol. The van der Waals surface area contributed by atoms with Gasteiger partial charge in [0.05, 0.1) is 19.3 Å². The zero-order valence-corrected chi connectivity index (χ0v) is 15.1. The van der Waals surface area contributed by atoms with E-state index in [0.717, 1.165) is 22.5 Å². The molecule has 1 aromatic carbocycles. The van der Waals surface area contributed by atoms with Gasteiger partial charge in [0, 0.05) is 17.8 Å². The Morgan fingerprint density at radius 3 is 2.56 bits per heavy atom. The standard InChI is InChI=1S/C19H24N4O2/c1-19(2,3)16-11-21-17(25-16)12-23-18(20-4)22-10-14-9-13-7-5-6-8-15(13)24-14/h5-9,11H,10,12H2,1-4H3,(H2,20,22,23). The lowest BCUT2D eigenvalue weighted by molar-refractivity contribution is 0.379. The second-order valence-electron chi connectivity index (χ2n) is 6.90. The molecule has 0 spiro atoms. The van der Waals surface area contributed by atoms with Gasteiger partial charge in [-0.05, 0) is 12.1 Å². The molecule has 0 atom stereocenters. The van der Waals surface area contributed by atoms with Crippen LogP contribution in [0.5, 0.6) is 0 Å². The lowest BCUT2D eigenvalue weighted by Crippen LogP contribution is -2.36. The molecule has 0 aliphatic heterocycles. The fourth-order valence-electron chi connectivity index (χ4n) is 2.41. The van der Waals surface area contributed by atoms with Crippen LogP contribution in [0.3, 0.4) is 0 Å². The van der Waals surface area contributed by atoms with Crippen molar-refractivity contribution in [1.82, 2.24) is 15.6 Å². The summed E-state index contributed by atoms with van der Waals surface area (Å²) in [5.74, 6) is 3.03. The molecule has 2 aromatic heterocycles. The summed E-state index contributed by atoms with van der Waals surface area (Å²) in [7, 11) is 1.73. The van der Waals surface area contributed by atoms with E-state index in [1.807, 2.05) is 30.3 Å². The van der Waals surface area contributed by atoms with Gasteiger partial charge in [0.15, 0.2) is 5.96 Å². The number of aliphatic imine (C=N–C) groups is 1. The van der Waals surface area contributed by atoms with Gasteiger partial charge >= 0.3 is 0 Å². The monoisotopic (exact) mass is 340 g/mol. The van der Waals surface area contributed by atoms with Crippen LogP contribution in [0.4, 0.5) is 0 Å². The number of hydrogen-bond donors (Lipinski definition) is 2. The van der Waals surface area contributed by atoms with Crippen LogP contribution in [0.2, 0.25) is 0 Å². The van der Waals surface area contributed by atoms with E-state index in [4.69, 9.17) is 8.83 Å². The third-order valence-electron chi connectivity index (χ3n) is 3.83. The summed E-state index contributed by atoms with van der Waals surface area (Å²) in [5, 5.41) is 7.52. The predicted octanol–water partition coefficient (Wildman–Crippen LogP) is 3.58. The first-order chi connectivity index (χ1) is 12.0. The van der Waals surface area contributed by atoms with Crippen LogP contribution in [0, 0.1) is 0 Å². The maximum absolute atomic E-state index is 5.79. The smallest absolute Gasteiger partial charge is 0.213 e. The number of hydrogen-bond acceptors (Lipinski definition) is 4. The van der Waals surface area contributed by atoms with Gasteiger partial charge in [-0.15, -0.1) is 0 Å². The Morgan fingerprint density at radius 1 is 1.12 bits per heavy atom. The summed E-state index contributed by atoms with van der Waals surface area (Å²) >= 11 is 0. The summed E-state index contributed by atoms with van der Waals surface area (Å²) < 4.78 is 11.6. The SMILES string of the molecule is CN=C(NCc1cc2ccccc2o1)NCc1ncc(C(C)(C)C)o1. The van der Waals surface area contributed by atoms with Gasteiger partial charge in [0.25, 0.3) is 0 Å². The van der Waals surface area contributed by atoms with Crippen molar-refractivity contribution in [2.24, 2.45) is 4.99 Å². The van der Waals surface area contributed by atoms with Crippen LogP contribution in [0.1, 0.15) is 38.2 Å². The summed E-state index contributed by atoms with van der Waals surface area (Å²) in [4.78, 5) is 8.52. The molecule has 25 heavy (non-hydrogen) atoms. The highest BCUT2D eigenvalue weighted by Crippen LogP contribution is 2.22. The van der Waals surface area contributed by atoms with Crippen molar-refractivity contribution < 1.29 is 8.83 Å². The van der Waals surface area contributed by atoms with Gasteiger partial charge in [-0.3, -0.25) is 4.99 Å². The average Bonchev–Trinajstić information content (AvgIpc) is 3.21. The van der Waals surface area contributed by atoms with Crippen LogP contribution in [0.25, 0.3) is 11.0 Å². The lowest BCUT2D eigenvalue weighted by Gasteiger charge is -2.13. The van der Waals surface area contributed by atoms with E-state index < -0.39 is 0 Å². The van der Waals surface area contributed by atoms with Crippen molar-refractivity contribution in [2.75, 3.05) is 7.05 Å². The van der Waals surface area contributed by atoms with E-state index in [0.29, 0.717) is 24.9 Å². The summed E-state index contributed by atoms with van der Waals surface area (Å²) in [6.45, 7) is 7.30. The molecule has 2 heterocycles. The van der Waals surface area contributed by atoms with Crippen molar-refractivity contribution in [2.45, 2.75) is 39.3 Å². The Labute approximate surface area is 147 Å². The first kappa shape index (κ1) is 17.1. The maximum atomic E-state index is 5.79. The summed E-state index contributed by atoms with van der Waals surface area (Å²) in [5.41, 5.74) is 0.837. The molecule has 0 amide bonds. The Balaban J connectivity index is 1.55. The summed E-state index contributed by atoms with van der Waals surface area (Å²) in [6, 6.07) is 9.98. The molecule has 3 rings (SSSR count). The Morgan fingerprint density at radius 2 is 1.88 bits per heavy atom. The minimum atomic E-state index is -0.0491. The van der Waals surface area contributed by atoms with Crippen LogP contribution >= 0.6 is 0 Å². The normalized spacial score (nSPS) is 12.6. The van der Waals surface area contributed by atoms with Crippen molar-refractivity contribution in [3.8, 4) is 0 Å². The van der Waals surface area contributed by atoms with Crippen LogP contribution < -0.4 is 10.6 Å². The van der Waals surface area contributed by atoms with Gasteiger partial charge in [0.1, 0.15) is 17.1 Å². The van der Waals surface area contributed by atoms with Crippen LogP contribution in [0.15, 0.2) is 50.4 Å². The van der Waals surface area contributed by atoms with Crippen molar-refractivity contribution >= 4 is 16.9 Å². The number of nitrogens with zero attached hydrogens (tertiary/aromatic N) is 2. The molecule has 0 saturated carbocycles. The van der Waals surface area contributed by atoms with E-state index in [-0.39, 0.29) is 5.41 Å². The molecule has 3 aromatic rings. The van der Waals surface area contributed by atoms with Crippen molar-refractivity contribution in [3.05, 3.63) is 53.9 Å². The molecule has 0 saturated heterocycles. The zero-order valence-electron chi connectivity index (χ0n) is 15.1. The van der Waals surface area contributed by atoms with Gasteiger partial charge in [-0.2, -0.15) is 0 Å². The second kappa shape index (κ2) is 7.01. The Hall–Kier alpha value is -2.76. The molecule has 132 valence electrons. The zero-order chi connectivity index (χ0) is 17.9. The third kappa shape index (κ3) is 4.21. The van der Waals surface area contributed by atoms with E-state index >= 15 is 0 Å². The van der Waals surface area contributed by atoms with Crippen molar-refractivity contribution in [1.29, 1.82) is 0 Å². The fraction of sp³-hybridized carbons (Fsp3) is 0.368. The van der Waals surface area contributed by atoms with E-state index in [1.165, 1.54) is 0 Å². The Bertz CT molecular complexity index is 838. The van der Waals surface area contributed by atoms with Crippen molar-refractivity contribution in [3.63, 3.8) is 0 Å². The molecular formula is C19H24N4O2. The van der Waals surface area contributed by atoms with E-state index in [1.54, 1.807) is 13.2 Å². The van der Waals surface area contributed by atoms with Crippen LogP contribution in [-0.2, 0) is 18.5 Å². The first-order valence-corrected chi connectivity index (χ1v) is 8.33. The number of nitrogens with one attached hydrogen (secondary N) is 2. The second-order valence-corrected chi connectivity index (χ2v) is 6.90. The first-order valence-electron chi connectivity index (χ1n) is 8.33. The molecule has 0 aliphatic carbocycles. The highest BCUT2D eigenvalue weighted by molar-refractivity contribution is 5.80. The number of oxazole rings is 1.